The van der Waals surface area contributed by atoms with Crippen LogP contribution in [-0.2, 0) is 13.1 Å². The topological polar surface area (TPSA) is 55.8 Å². The van der Waals surface area contributed by atoms with Crippen molar-refractivity contribution in [1.29, 1.82) is 0 Å². The van der Waals surface area contributed by atoms with Crippen LogP contribution in [0.5, 0.6) is 0 Å². The highest BCUT2D eigenvalue weighted by molar-refractivity contribution is 7.07. The van der Waals surface area contributed by atoms with Crippen LogP contribution in [-0.4, -0.2) is 55.6 Å². The molecular weight excluding hydrogens is 344 g/mol. The fourth-order valence-corrected chi connectivity index (χ4v) is 3.66. The fraction of sp³-hybridized carbons (Fsp3) is 0.474. The summed E-state index contributed by atoms with van der Waals surface area (Å²) in [5.41, 5.74) is 2.42. The minimum absolute atomic E-state index is 0.709. The van der Waals surface area contributed by atoms with E-state index in [1.54, 1.807) is 18.4 Å². The Morgan fingerprint density at radius 1 is 1.12 bits per heavy atom. The van der Waals surface area contributed by atoms with E-state index >= 15 is 0 Å². The number of nitrogens with one attached hydrogen (secondary N) is 2. The Balaban J connectivity index is 1.46. The zero-order valence-electron chi connectivity index (χ0n) is 15.6. The highest BCUT2D eigenvalue weighted by atomic mass is 32.1. The molecule has 1 aliphatic heterocycles. The third-order valence-electron chi connectivity index (χ3n) is 4.68. The van der Waals surface area contributed by atoms with Crippen molar-refractivity contribution in [2.24, 2.45) is 4.99 Å². The number of aliphatic imine (C=N–C) groups is 1. The molecule has 0 unspecified atom stereocenters. The van der Waals surface area contributed by atoms with E-state index < -0.39 is 0 Å². The minimum atomic E-state index is 0.709. The van der Waals surface area contributed by atoms with Gasteiger partial charge in [-0.2, -0.15) is 11.3 Å². The molecular formula is C19H28N6S. The van der Waals surface area contributed by atoms with E-state index in [0.717, 1.165) is 56.6 Å². The monoisotopic (exact) mass is 372 g/mol. The molecule has 0 amide bonds. The number of thiophene rings is 1. The maximum absolute atomic E-state index is 4.65. The third kappa shape index (κ3) is 5.19. The maximum atomic E-state index is 4.65. The maximum Gasteiger partial charge on any atom is 0.191 e. The molecule has 2 N–H and O–H groups in total. The predicted molar refractivity (Wildman–Crippen MR) is 110 cm³/mol. The highest BCUT2D eigenvalue weighted by Crippen LogP contribution is 2.14. The van der Waals surface area contributed by atoms with E-state index in [1.165, 1.54) is 5.56 Å². The van der Waals surface area contributed by atoms with Crippen molar-refractivity contribution in [3.63, 3.8) is 0 Å². The summed E-state index contributed by atoms with van der Waals surface area (Å²) < 4.78 is 0. The van der Waals surface area contributed by atoms with E-state index in [-0.39, 0.29) is 0 Å². The van der Waals surface area contributed by atoms with Crippen LogP contribution in [0.1, 0.15) is 18.1 Å². The lowest BCUT2D eigenvalue weighted by molar-refractivity contribution is 0.270. The molecule has 0 aliphatic carbocycles. The van der Waals surface area contributed by atoms with E-state index in [0.29, 0.717) is 6.54 Å². The van der Waals surface area contributed by atoms with Crippen LogP contribution in [0.25, 0.3) is 0 Å². The van der Waals surface area contributed by atoms with Gasteiger partial charge in [0.05, 0.1) is 0 Å². The van der Waals surface area contributed by atoms with Crippen LogP contribution in [0.3, 0.4) is 0 Å². The Kier molecular flexibility index (Phi) is 6.85. The second kappa shape index (κ2) is 9.54. The van der Waals surface area contributed by atoms with Crippen LogP contribution in [0.4, 0.5) is 5.82 Å². The van der Waals surface area contributed by atoms with Gasteiger partial charge < -0.3 is 20.4 Å². The number of nitrogens with zero attached hydrogens (tertiary/aromatic N) is 4. The number of hydrogen-bond acceptors (Lipinski definition) is 5. The molecule has 6 nitrogen and oxygen atoms in total. The van der Waals surface area contributed by atoms with Crippen molar-refractivity contribution in [3.8, 4) is 0 Å². The molecule has 1 fully saturated rings. The lowest BCUT2D eigenvalue weighted by Crippen LogP contribution is -2.46. The number of pyridine rings is 1. The third-order valence-corrected chi connectivity index (χ3v) is 5.41. The molecule has 0 bridgehead atoms. The van der Waals surface area contributed by atoms with E-state index in [1.807, 2.05) is 6.20 Å². The number of rotatable bonds is 6. The lowest BCUT2D eigenvalue weighted by Gasteiger charge is -2.34. The summed E-state index contributed by atoms with van der Waals surface area (Å²) in [4.78, 5) is 13.8. The van der Waals surface area contributed by atoms with Crippen molar-refractivity contribution >= 4 is 23.1 Å². The molecule has 2 aromatic heterocycles. The number of aromatic nitrogens is 1. The Morgan fingerprint density at radius 2 is 1.88 bits per heavy atom. The van der Waals surface area contributed by atoms with Crippen LogP contribution in [0, 0.1) is 0 Å². The second-order valence-electron chi connectivity index (χ2n) is 6.36. The van der Waals surface area contributed by atoms with E-state index in [4.69, 9.17) is 0 Å². The van der Waals surface area contributed by atoms with Gasteiger partial charge in [-0.25, -0.2) is 4.98 Å². The molecule has 0 saturated carbocycles. The molecule has 1 saturated heterocycles. The zero-order chi connectivity index (χ0) is 18.2. The Hall–Kier alpha value is -2.12. The largest absolute Gasteiger partial charge is 0.354 e. The van der Waals surface area contributed by atoms with Gasteiger partial charge in [-0.15, -0.1) is 0 Å². The first-order chi connectivity index (χ1) is 12.8. The standard InChI is InChI=1S/C19H28N6S/c1-3-24-7-9-25(10-8-24)18-5-4-16(12-21-18)13-22-19(20-2)23-14-17-6-11-26-15-17/h4-6,11-12,15H,3,7-10,13-14H2,1-2H3,(H2,20,22,23). The molecule has 0 atom stereocenters. The number of likely N-dealkylation sites (N-methyl/N-ethyl adjacent to an activating group) is 1. The van der Waals surface area contributed by atoms with Crippen LogP contribution >= 0.6 is 11.3 Å². The van der Waals surface area contributed by atoms with Gasteiger partial charge in [-0.05, 0) is 40.6 Å². The van der Waals surface area contributed by atoms with Crippen molar-refractivity contribution in [1.82, 2.24) is 20.5 Å². The average Bonchev–Trinajstić information content (AvgIpc) is 3.22. The number of piperazine rings is 1. The number of guanidine groups is 1. The molecule has 26 heavy (non-hydrogen) atoms. The molecule has 140 valence electrons. The first kappa shape index (κ1) is 18.7. The van der Waals surface area contributed by atoms with Gasteiger partial charge in [0.2, 0.25) is 0 Å². The molecule has 3 rings (SSSR count). The summed E-state index contributed by atoms with van der Waals surface area (Å²) in [7, 11) is 1.79. The van der Waals surface area contributed by atoms with Crippen molar-refractivity contribution in [3.05, 3.63) is 46.3 Å². The molecule has 3 heterocycles. The lowest BCUT2D eigenvalue weighted by atomic mass is 10.2. The van der Waals surface area contributed by atoms with Gasteiger partial charge >= 0.3 is 0 Å². The summed E-state index contributed by atoms with van der Waals surface area (Å²) in [5, 5.41) is 10.9. The van der Waals surface area contributed by atoms with Gasteiger partial charge in [0.1, 0.15) is 5.82 Å². The summed E-state index contributed by atoms with van der Waals surface area (Å²) in [6, 6.07) is 6.39. The molecule has 7 heteroatoms. The SMILES string of the molecule is CCN1CCN(c2ccc(CNC(=NC)NCc3ccsc3)cn2)CC1. The van der Waals surface area contributed by atoms with Gasteiger partial charge in [-0.3, -0.25) is 4.99 Å². The molecule has 0 spiro atoms. The molecule has 1 aliphatic rings. The van der Waals surface area contributed by atoms with Gasteiger partial charge in [0, 0.05) is 52.5 Å². The van der Waals surface area contributed by atoms with Crippen LogP contribution in [0.2, 0.25) is 0 Å². The normalized spacial score (nSPS) is 15.9. The Morgan fingerprint density at radius 3 is 2.46 bits per heavy atom. The van der Waals surface area contributed by atoms with Crippen molar-refractivity contribution in [2.75, 3.05) is 44.7 Å². The summed E-state index contributed by atoms with van der Waals surface area (Å²) >= 11 is 1.71. The number of anilines is 1. The van der Waals surface area contributed by atoms with Crippen LogP contribution in [0.15, 0.2) is 40.1 Å². The van der Waals surface area contributed by atoms with E-state index in [2.05, 4.69) is 66.3 Å². The zero-order valence-corrected chi connectivity index (χ0v) is 16.4. The van der Waals surface area contributed by atoms with Crippen molar-refractivity contribution in [2.45, 2.75) is 20.0 Å². The van der Waals surface area contributed by atoms with Gasteiger partial charge in [0.25, 0.3) is 0 Å². The number of hydrogen-bond donors (Lipinski definition) is 2. The Labute approximate surface area is 160 Å². The first-order valence-electron chi connectivity index (χ1n) is 9.16. The quantitative estimate of drug-likeness (QED) is 0.601. The molecule has 0 aromatic carbocycles. The van der Waals surface area contributed by atoms with Gasteiger partial charge in [0.15, 0.2) is 5.96 Å². The fourth-order valence-electron chi connectivity index (χ4n) is 2.99. The first-order valence-corrected chi connectivity index (χ1v) is 10.1. The Bertz CT molecular complexity index is 675. The van der Waals surface area contributed by atoms with Crippen LogP contribution < -0.4 is 15.5 Å². The second-order valence-corrected chi connectivity index (χ2v) is 7.14. The molecule has 0 radical (unpaired) electrons. The average molecular weight is 373 g/mol. The van der Waals surface area contributed by atoms with E-state index in [9.17, 15) is 0 Å². The predicted octanol–water partition coefficient (Wildman–Crippen LogP) is 2.15. The molecule has 2 aromatic rings. The smallest absolute Gasteiger partial charge is 0.191 e. The van der Waals surface area contributed by atoms with Crippen molar-refractivity contribution < 1.29 is 0 Å². The highest BCUT2D eigenvalue weighted by Gasteiger charge is 2.16. The summed E-state index contributed by atoms with van der Waals surface area (Å²) in [6.45, 7) is 9.19. The minimum Gasteiger partial charge on any atom is -0.354 e. The van der Waals surface area contributed by atoms with Gasteiger partial charge in [-0.1, -0.05) is 13.0 Å². The summed E-state index contributed by atoms with van der Waals surface area (Å²) in [6.07, 6.45) is 1.96. The summed E-state index contributed by atoms with van der Waals surface area (Å²) in [5.74, 6) is 1.88.